The number of rotatable bonds is 4. The molecule has 2 N–H and O–H groups in total. The molecule has 1 aliphatic carbocycles. The zero-order chi connectivity index (χ0) is 13.2. The Morgan fingerprint density at radius 3 is 2.83 bits per heavy atom. The number of nitrogens with zero attached hydrogens (tertiary/aromatic N) is 1. The van der Waals surface area contributed by atoms with E-state index in [0.29, 0.717) is 18.6 Å². The van der Waals surface area contributed by atoms with Crippen molar-refractivity contribution < 1.29 is 14.6 Å². The number of nitrogens with one attached hydrogen (secondary N) is 1. The highest BCUT2D eigenvalue weighted by atomic mass is 16.5. The van der Waals surface area contributed by atoms with Crippen molar-refractivity contribution >= 4 is 5.97 Å². The van der Waals surface area contributed by atoms with Gasteiger partial charge in [0.25, 0.3) is 0 Å². The topological polar surface area (TPSA) is 61.8 Å². The van der Waals surface area contributed by atoms with Crippen molar-refractivity contribution in [1.82, 2.24) is 10.2 Å². The van der Waals surface area contributed by atoms with Crippen LogP contribution in [0, 0.1) is 0 Å². The highest BCUT2D eigenvalue weighted by Crippen LogP contribution is 2.33. The molecule has 0 aromatic carbocycles. The van der Waals surface area contributed by atoms with Crippen LogP contribution in [-0.4, -0.2) is 60.9 Å². The lowest BCUT2D eigenvalue weighted by Crippen LogP contribution is -2.57. The van der Waals surface area contributed by atoms with Gasteiger partial charge in [-0.25, -0.2) is 0 Å². The van der Waals surface area contributed by atoms with Gasteiger partial charge in [0.1, 0.15) is 5.54 Å². The number of likely N-dealkylation sites (N-methyl/N-ethyl adjacent to an activating group) is 1. The molecule has 0 amide bonds. The predicted octanol–water partition coefficient (Wildman–Crippen LogP) is 0.693. The second kappa shape index (κ2) is 5.55. The second-order valence-electron chi connectivity index (χ2n) is 5.53. The third-order valence-corrected chi connectivity index (χ3v) is 4.64. The minimum atomic E-state index is -0.728. The number of aliphatic carboxylic acids is 1. The first-order valence-corrected chi connectivity index (χ1v) is 6.80. The second-order valence-corrected chi connectivity index (χ2v) is 5.53. The summed E-state index contributed by atoms with van der Waals surface area (Å²) in [4.78, 5) is 13.9. The fraction of sp³-hybridized carbons (Fsp3) is 0.923. The third-order valence-electron chi connectivity index (χ3n) is 4.64. The zero-order valence-corrected chi connectivity index (χ0v) is 11.3. The molecule has 0 spiro atoms. The standard InChI is InChI=1S/C13H24N2O3/c1-14-13(12(16)17)6-3-4-10(8-13)15-7-5-11(9-15)18-2/h10-11,14H,3-9H2,1-2H3,(H,16,17). The molecule has 1 aliphatic heterocycles. The van der Waals surface area contributed by atoms with E-state index in [4.69, 9.17) is 4.74 Å². The lowest BCUT2D eigenvalue weighted by molar-refractivity contribution is -0.147. The molecule has 5 nitrogen and oxygen atoms in total. The largest absolute Gasteiger partial charge is 0.480 e. The molecule has 0 aromatic rings. The first-order valence-electron chi connectivity index (χ1n) is 6.80. The van der Waals surface area contributed by atoms with E-state index in [2.05, 4.69) is 10.2 Å². The van der Waals surface area contributed by atoms with Gasteiger partial charge in [0.05, 0.1) is 6.10 Å². The van der Waals surface area contributed by atoms with Gasteiger partial charge in [-0.1, -0.05) is 0 Å². The molecule has 104 valence electrons. The van der Waals surface area contributed by atoms with E-state index < -0.39 is 11.5 Å². The van der Waals surface area contributed by atoms with Gasteiger partial charge in [-0.2, -0.15) is 0 Å². The van der Waals surface area contributed by atoms with Crippen LogP contribution in [0.5, 0.6) is 0 Å². The summed E-state index contributed by atoms with van der Waals surface area (Å²) in [6, 6.07) is 0.377. The van der Waals surface area contributed by atoms with Crippen LogP contribution >= 0.6 is 0 Å². The summed E-state index contributed by atoms with van der Waals surface area (Å²) < 4.78 is 5.38. The quantitative estimate of drug-likeness (QED) is 0.775. The summed E-state index contributed by atoms with van der Waals surface area (Å²) in [5, 5.41) is 12.5. The smallest absolute Gasteiger partial charge is 0.323 e. The fourth-order valence-electron chi connectivity index (χ4n) is 3.36. The van der Waals surface area contributed by atoms with Crippen molar-refractivity contribution in [3.05, 3.63) is 0 Å². The molecule has 2 aliphatic rings. The molecule has 2 fully saturated rings. The van der Waals surface area contributed by atoms with Crippen LogP contribution in [-0.2, 0) is 9.53 Å². The van der Waals surface area contributed by atoms with Gasteiger partial charge < -0.3 is 15.2 Å². The molecule has 1 saturated heterocycles. The van der Waals surface area contributed by atoms with E-state index in [1.807, 2.05) is 0 Å². The Labute approximate surface area is 108 Å². The van der Waals surface area contributed by atoms with Crippen molar-refractivity contribution in [2.24, 2.45) is 0 Å². The normalized spacial score (nSPS) is 37.9. The highest BCUT2D eigenvalue weighted by Gasteiger charge is 2.44. The highest BCUT2D eigenvalue weighted by molar-refractivity contribution is 5.79. The Balaban J connectivity index is 2.00. The van der Waals surface area contributed by atoms with E-state index in [9.17, 15) is 9.90 Å². The minimum absolute atomic E-state index is 0.320. The van der Waals surface area contributed by atoms with Crippen molar-refractivity contribution in [2.75, 3.05) is 27.2 Å². The van der Waals surface area contributed by atoms with Gasteiger partial charge >= 0.3 is 5.97 Å². The van der Waals surface area contributed by atoms with Crippen LogP contribution in [0.25, 0.3) is 0 Å². The molecule has 1 heterocycles. The minimum Gasteiger partial charge on any atom is -0.480 e. The monoisotopic (exact) mass is 256 g/mol. The van der Waals surface area contributed by atoms with Gasteiger partial charge in [0, 0.05) is 26.2 Å². The summed E-state index contributed by atoms with van der Waals surface area (Å²) in [6.07, 6.45) is 4.90. The Bertz CT molecular complexity index is 311. The average Bonchev–Trinajstić information content (AvgIpc) is 2.87. The van der Waals surface area contributed by atoms with Crippen LogP contribution in [0.1, 0.15) is 32.1 Å². The molecule has 1 saturated carbocycles. The van der Waals surface area contributed by atoms with Crippen LogP contribution in [0.2, 0.25) is 0 Å². The van der Waals surface area contributed by atoms with Crippen LogP contribution in [0.3, 0.4) is 0 Å². The molecule has 0 aromatic heterocycles. The Morgan fingerprint density at radius 1 is 1.50 bits per heavy atom. The Hall–Kier alpha value is -0.650. The number of methoxy groups -OCH3 is 1. The number of carboxylic acid groups (broad SMARTS) is 1. The van der Waals surface area contributed by atoms with E-state index >= 15 is 0 Å². The molecule has 5 heteroatoms. The molecular weight excluding hydrogens is 232 g/mol. The fourth-order valence-corrected chi connectivity index (χ4v) is 3.36. The van der Waals surface area contributed by atoms with Gasteiger partial charge in [0.15, 0.2) is 0 Å². The van der Waals surface area contributed by atoms with Crippen molar-refractivity contribution in [2.45, 2.75) is 49.8 Å². The molecule has 3 unspecified atom stereocenters. The molecular formula is C13H24N2O3. The van der Waals surface area contributed by atoms with E-state index in [1.54, 1.807) is 14.2 Å². The number of carbonyl (C=O) groups is 1. The summed E-state index contributed by atoms with van der Waals surface area (Å²) in [5.41, 5.74) is -0.728. The predicted molar refractivity (Wildman–Crippen MR) is 68.7 cm³/mol. The maximum atomic E-state index is 11.5. The molecule has 2 rings (SSSR count). The number of hydrogen-bond donors (Lipinski definition) is 2. The maximum Gasteiger partial charge on any atom is 0.323 e. The lowest BCUT2D eigenvalue weighted by Gasteiger charge is -2.41. The Kier molecular flexibility index (Phi) is 4.25. The average molecular weight is 256 g/mol. The van der Waals surface area contributed by atoms with Gasteiger partial charge in [-0.3, -0.25) is 9.69 Å². The van der Waals surface area contributed by atoms with E-state index in [1.165, 1.54) is 0 Å². The summed E-state index contributed by atoms with van der Waals surface area (Å²) in [5.74, 6) is -0.711. The molecule has 18 heavy (non-hydrogen) atoms. The van der Waals surface area contributed by atoms with Crippen molar-refractivity contribution in [1.29, 1.82) is 0 Å². The van der Waals surface area contributed by atoms with E-state index in [-0.39, 0.29) is 0 Å². The third kappa shape index (κ3) is 2.53. The summed E-state index contributed by atoms with van der Waals surface area (Å²) in [6.45, 7) is 1.98. The van der Waals surface area contributed by atoms with Crippen LogP contribution in [0.15, 0.2) is 0 Å². The lowest BCUT2D eigenvalue weighted by atomic mass is 9.78. The zero-order valence-electron chi connectivity index (χ0n) is 11.3. The first kappa shape index (κ1) is 13.8. The Morgan fingerprint density at radius 2 is 2.28 bits per heavy atom. The number of hydrogen-bond acceptors (Lipinski definition) is 4. The van der Waals surface area contributed by atoms with Gasteiger partial charge in [0.2, 0.25) is 0 Å². The van der Waals surface area contributed by atoms with Crippen molar-refractivity contribution in [3.63, 3.8) is 0 Å². The molecule has 3 atom stereocenters. The summed E-state index contributed by atoms with van der Waals surface area (Å²) in [7, 11) is 3.52. The summed E-state index contributed by atoms with van der Waals surface area (Å²) >= 11 is 0. The number of carboxylic acids is 1. The van der Waals surface area contributed by atoms with Gasteiger partial charge in [-0.15, -0.1) is 0 Å². The van der Waals surface area contributed by atoms with Crippen molar-refractivity contribution in [3.8, 4) is 0 Å². The van der Waals surface area contributed by atoms with Crippen LogP contribution in [0.4, 0.5) is 0 Å². The van der Waals surface area contributed by atoms with Crippen LogP contribution < -0.4 is 5.32 Å². The SMILES string of the molecule is CNC1(C(=O)O)CCCC(N2CCC(OC)C2)C1. The molecule has 0 radical (unpaired) electrons. The molecule has 0 bridgehead atoms. The van der Waals surface area contributed by atoms with E-state index in [0.717, 1.165) is 38.8 Å². The van der Waals surface area contributed by atoms with Gasteiger partial charge in [-0.05, 0) is 39.2 Å². The number of ether oxygens (including phenoxy) is 1. The first-order chi connectivity index (χ1) is 8.61. The number of likely N-dealkylation sites (tertiary alicyclic amines) is 1. The maximum absolute atomic E-state index is 11.5.